The minimum absolute atomic E-state index is 0.0739. The number of benzene rings is 1. The molecule has 1 N–H and O–H groups in total. The molecule has 0 bridgehead atoms. The molecule has 0 aliphatic heterocycles. The first-order valence-electron chi connectivity index (χ1n) is 7.43. The van der Waals surface area contributed by atoms with Crippen LogP contribution in [-0.4, -0.2) is 25.5 Å². The van der Waals surface area contributed by atoms with Crippen LogP contribution in [0.25, 0.3) is 5.69 Å². The molecule has 0 unspecified atom stereocenters. The highest BCUT2D eigenvalue weighted by atomic mass is 16.2. The Hall–Kier alpha value is -3.40. The second-order valence-electron chi connectivity index (χ2n) is 5.40. The Labute approximate surface area is 139 Å². The highest BCUT2D eigenvalue weighted by molar-refractivity contribution is 5.91. The molecule has 24 heavy (non-hydrogen) atoms. The van der Waals surface area contributed by atoms with Gasteiger partial charge < -0.3 is 5.32 Å². The van der Waals surface area contributed by atoms with Crippen LogP contribution in [0.15, 0.2) is 42.6 Å². The van der Waals surface area contributed by atoms with Gasteiger partial charge in [-0.2, -0.15) is 15.5 Å². The zero-order chi connectivity index (χ0) is 17.1. The van der Waals surface area contributed by atoms with E-state index in [1.807, 2.05) is 56.3 Å². The minimum Gasteiger partial charge on any atom is -0.308 e. The number of nitrogens with one attached hydrogen (secondary N) is 1. The smallest absolute Gasteiger partial charge is 0.247 e. The molecule has 1 amide bonds. The van der Waals surface area contributed by atoms with Gasteiger partial charge in [-0.25, -0.2) is 4.68 Å². The van der Waals surface area contributed by atoms with Gasteiger partial charge >= 0.3 is 0 Å². The molecule has 7 heteroatoms. The monoisotopic (exact) mass is 320 g/mol. The molecule has 0 fully saturated rings. The summed E-state index contributed by atoms with van der Waals surface area (Å²) in [5.41, 5.74) is 2.83. The summed E-state index contributed by atoms with van der Waals surface area (Å²) in [4.78, 5) is 12.4. The van der Waals surface area contributed by atoms with Crippen molar-refractivity contribution in [2.24, 2.45) is 0 Å². The summed E-state index contributed by atoms with van der Waals surface area (Å²) >= 11 is 0. The van der Waals surface area contributed by atoms with Crippen LogP contribution in [0.5, 0.6) is 0 Å². The molecular formula is C17H16N6O. The average Bonchev–Trinajstić information content (AvgIpc) is 3.11. The van der Waals surface area contributed by atoms with Crippen molar-refractivity contribution in [3.8, 4) is 11.8 Å². The molecule has 0 aliphatic carbocycles. The van der Waals surface area contributed by atoms with Crippen molar-refractivity contribution >= 4 is 11.7 Å². The van der Waals surface area contributed by atoms with Crippen molar-refractivity contribution in [1.82, 2.24) is 19.6 Å². The largest absolute Gasteiger partial charge is 0.308 e. The predicted molar refractivity (Wildman–Crippen MR) is 88.6 cm³/mol. The second-order valence-corrected chi connectivity index (χ2v) is 5.40. The number of anilines is 1. The lowest BCUT2D eigenvalue weighted by molar-refractivity contribution is -0.117. The van der Waals surface area contributed by atoms with Gasteiger partial charge in [-0.05, 0) is 32.0 Å². The summed E-state index contributed by atoms with van der Waals surface area (Å²) in [5, 5.41) is 20.5. The van der Waals surface area contributed by atoms with Crippen LogP contribution in [0.2, 0.25) is 0 Å². The molecule has 0 aliphatic rings. The van der Waals surface area contributed by atoms with Gasteiger partial charge in [0, 0.05) is 5.69 Å². The van der Waals surface area contributed by atoms with E-state index >= 15 is 0 Å². The summed E-state index contributed by atoms with van der Waals surface area (Å²) in [6.07, 6.45) is 1.44. The minimum atomic E-state index is -0.268. The number of para-hydroxylation sites is 1. The molecule has 0 atom stereocenters. The van der Waals surface area contributed by atoms with Gasteiger partial charge in [0.2, 0.25) is 5.91 Å². The zero-order valence-corrected chi connectivity index (χ0v) is 13.4. The normalized spacial score (nSPS) is 10.4. The average molecular weight is 320 g/mol. The van der Waals surface area contributed by atoms with Crippen molar-refractivity contribution in [1.29, 1.82) is 5.26 Å². The van der Waals surface area contributed by atoms with Gasteiger partial charge in [-0.1, -0.05) is 18.2 Å². The lowest BCUT2D eigenvalue weighted by Crippen LogP contribution is -2.22. The van der Waals surface area contributed by atoms with Gasteiger partial charge in [0.15, 0.2) is 5.82 Å². The molecule has 3 rings (SSSR count). The molecule has 2 aromatic heterocycles. The van der Waals surface area contributed by atoms with E-state index in [-0.39, 0.29) is 12.5 Å². The maximum atomic E-state index is 12.4. The number of carbonyl (C=O) groups excluding carboxylic acids is 1. The maximum absolute atomic E-state index is 12.4. The van der Waals surface area contributed by atoms with E-state index in [0.29, 0.717) is 11.4 Å². The molecule has 0 spiro atoms. The number of amides is 1. The predicted octanol–water partition coefficient (Wildman–Crippen LogP) is 2.20. The van der Waals surface area contributed by atoms with E-state index in [1.54, 1.807) is 4.68 Å². The van der Waals surface area contributed by atoms with Crippen LogP contribution in [0.4, 0.5) is 5.82 Å². The third-order valence-electron chi connectivity index (χ3n) is 3.54. The van der Waals surface area contributed by atoms with Crippen molar-refractivity contribution in [2.45, 2.75) is 20.4 Å². The first kappa shape index (κ1) is 15.5. The fraction of sp³-hybridized carbons (Fsp3) is 0.176. The number of hydrogen-bond acceptors (Lipinski definition) is 4. The van der Waals surface area contributed by atoms with Gasteiger partial charge in [0.1, 0.15) is 18.2 Å². The number of carbonyl (C=O) groups is 1. The van der Waals surface area contributed by atoms with Crippen molar-refractivity contribution in [3.05, 3.63) is 59.5 Å². The fourth-order valence-electron chi connectivity index (χ4n) is 2.46. The standard InChI is InChI=1S/C17H16N6O/c1-12-8-13(2)22(21-12)11-16(24)20-17-14(9-18)10-19-23(17)15-6-4-3-5-7-15/h3-8,10H,11H2,1-2H3,(H,20,24). The van der Waals surface area contributed by atoms with Crippen LogP contribution in [-0.2, 0) is 11.3 Å². The van der Waals surface area contributed by atoms with E-state index in [4.69, 9.17) is 0 Å². The number of nitrogens with zero attached hydrogens (tertiary/aromatic N) is 5. The Morgan fingerprint density at radius 3 is 2.67 bits per heavy atom. The molecule has 7 nitrogen and oxygen atoms in total. The van der Waals surface area contributed by atoms with E-state index in [2.05, 4.69) is 15.5 Å². The first-order chi connectivity index (χ1) is 11.6. The van der Waals surface area contributed by atoms with Gasteiger partial charge in [-0.15, -0.1) is 0 Å². The van der Waals surface area contributed by atoms with Gasteiger partial charge in [0.05, 0.1) is 17.6 Å². The highest BCUT2D eigenvalue weighted by Gasteiger charge is 2.16. The maximum Gasteiger partial charge on any atom is 0.247 e. The van der Waals surface area contributed by atoms with Gasteiger partial charge in [0.25, 0.3) is 0 Å². The van der Waals surface area contributed by atoms with E-state index in [1.165, 1.54) is 10.9 Å². The SMILES string of the molecule is Cc1cc(C)n(CC(=O)Nc2c(C#N)cnn2-c2ccccc2)n1. The molecule has 2 heterocycles. The number of hydrogen-bond donors (Lipinski definition) is 1. The third-order valence-corrected chi connectivity index (χ3v) is 3.54. The van der Waals surface area contributed by atoms with Crippen molar-refractivity contribution in [3.63, 3.8) is 0 Å². The molecule has 3 aromatic rings. The Bertz CT molecular complexity index is 916. The summed E-state index contributed by atoms with van der Waals surface area (Å²) in [6, 6.07) is 13.3. The van der Waals surface area contributed by atoms with Crippen molar-refractivity contribution < 1.29 is 4.79 Å². The zero-order valence-electron chi connectivity index (χ0n) is 13.4. The van der Waals surface area contributed by atoms with E-state index < -0.39 is 0 Å². The van der Waals surface area contributed by atoms with Crippen molar-refractivity contribution in [2.75, 3.05) is 5.32 Å². The highest BCUT2D eigenvalue weighted by Crippen LogP contribution is 2.19. The molecule has 0 saturated carbocycles. The van der Waals surface area contributed by atoms with E-state index in [9.17, 15) is 10.1 Å². The summed E-state index contributed by atoms with van der Waals surface area (Å²) in [5.74, 6) is 0.0885. The molecule has 1 aromatic carbocycles. The summed E-state index contributed by atoms with van der Waals surface area (Å²) in [7, 11) is 0. The quantitative estimate of drug-likeness (QED) is 0.798. The lowest BCUT2D eigenvalue weighted by atomic mass is 10.3. The summed E-state index contributed by atoms with van der Waals surface area (Å²) < 4.78 is 3.16. The number of rotatable bonds is 4. The van der Waals surface area contributed by atoms with Gasteiger partial charge in [-0.3, -0.25) is 9.48 Å². The van der Waals surface area contributed by atoms with Crippen LogP contribution in [0.3, 0.4) is 0 Å². The van der Waals surface area contributed by atoms with Crippen LogP contribution >= 0.6 is 0 Å². The Morgan fingerprint density at radius 2 is 2.04 bits per heavy atom. The van der Waals surface area contributed by atoms with Crippen LogP contribution in [0, 0.1) is 25.2 Å². The number of nitriles is 1. The Balaban J connectivity index is 1.87. The lowest BCUT2D eigenvalue weighted by Gasteiger charge is -2.10. The molecule has 0 radical (unpaired) electrons. The topological polar surface area (TPSA) is 88.5 Å². The van der Waals surface area contributed by atoms with Crippen LogP contribution < -0.4 is 5.32 Å². The number of aromatic nitrogens is 4. The van der Waals surface area contributed by atoms with Crippen LogP contribution in [0.1, 0.15) is 17.0 Å². The summed E-state index contributed by atoms with van der Waals surface area (Å²) in [6.45, 7) is 3.84. The second kappa shape index (κ2) is 6.38. The molecule has 0 saturated heterocycles. The number of aryl methyl sites for hydroxylation is 2. The Morgan fingerprint density at radius 1 is 1.29 bits per heavy atom. The van der Waals surface area contributed by atoms with E-state index in [0.717, 1.165) is 17.1 Å². The fourth-order valence-corrected chi connectivity index (χ4v) is 2.46. The molecular weight excluding hydrogens is 304 g/mol. The first-order valence-corrected chi connectivity index (χ1v) is 7.43. The Kier molecular flexibility index (Phi) is 4.12. The third kappa shape index (κ3) is 3.03. The molecule has 120 valence electrons.